The van der Waals surface area contributed by atoms with Gasteiger partial charge in [-0.1, -0.05) is 0 Å². The molecule has 172 valence electrons. The lowest BCUT2D eigenvalue weighted by atomic mass is 10.1. The Labute approximate surface area is 188 Å². The van der Waals surface area contributed by atoms with Crippen molar-refractivity contribution >= 4 is 17.5 Å². The highest BCUT2D eigenvalue weighted by atomic mass is 16.5. The van der Waals surface area contributed by atoms with Gasteiger partial charge in [-0.2, -0.15) is 5.10 Å². The molecule has 0 N–H and O–H groups in total. The summed E-state index contributed by atoms with van der Waals surface area (Å²) in [5.74, 6) is 0.334. The lowest BCUT2D eigenvalue weighted by Gasteiger charge is -2.25. The first-order valence-corrected chi connectivity index (χ1v) is 12.1. The number of hydrogen-bond donors (Lipinski definition) is 0. The minimum absolute atomic E-state index is 0.0201. The van der Waals surface area contributed by atoms with Crippen molar-refractivity contribution in [3.63, 3.8) is 0 Å². The number of fused-ring (bicyclic) bond motifs is 1. The van der Waals surface area contributed by atoms with E-state index in [4.69, 9.17) is 14.8 Å². The molecule has 3 aliphatic rings. The van der Waals surface area contributed by atoms with Crippen molar-refractivity contribution in [2.24, 2.45) is 0 Å². The van der Waals surface area contributed by atoms with Crippen molar-refractivity contribution in [3.8, 4) is 0 Å². The average Bonchev–Trinajstić information content (AvgIpc) is 3.58. The number of carbonyl (C=O) groups excluding carboxylic acids is 2. The highest BCUT2D eigenvalue weighted by molar-refractivity contribution is 5.82. The maximum absolute atomic E-state index is 13.0. The molecule has 0 aliphatic carbocycles. The Hall–Kier alpha value is -2.48. The summed E-state index contributed by atoms with van der Waals surface area (Å²) in [5, 5.41) is 4.88. The zero-order chi connectivity index (χ0) is 22.2. The first-order chi connectivity index (χ1) is 15.5. The summed E-state index contributed by atoms with van der Waals surface area (Å²) in [6, 6.07) is 2.00. The van der Waals surface area contributed by atoms with Crippen LogP contribution < -0.4 is 0 Å². The molecule has 0 aromatic carbocycles. The highest BCUT2D eigenvalue weighted by Crippen LogP contribution is 2.34. The Balaban J connectivity index is 1.37. The fraction of sp³-hybridized carbons (Fsp3) is 0.667. The van der Waals surface area contributed by atoms with Gasteiger partial charge in [0.15, 0.2) is 5.65 Å². The number of carbonyl (C=O) groups is 2. The normalized spacial score (nSPS) is 23.6. The van der Waals surface area contributed by atoms with E-state index < -0.39 is 0 Å². The number of hydrogen-bond acceptors (Lipinski definition) is 5. The highest BCUT2D eigenvalue weighted by Gasteiger charge is 2.37. The molecule has 2 amide bonds. The van der Waals surface area contributed by atoms with Gasteiger partial charge in [-0.05, 0) is 64.4 Å². The molecule has 8 nitrogen and oxygen atoms in total. The molecule has 32 heavy (non-hydrogen) atoms. The molecule has 3 saturated heterocycles. The molecule has 5 rings (SSSR count). The molecule has 2 atom stereocenters. The SMILES string of the molecule is Cc1nc2cc([C@@H]3CCCN3C(=O)[C@@H]3CCCO3)nn2c(C)c1CCC(=O)N1CCCC1. The number of nitrogens with zero attached hydrogens (tertiary/aromatic N) is 5. The number of aromatic nitrogens is 3. The van der Waals surface area contributed by atoms with Crippen LogP contribution in [0.25, 0.3) is 5.65 Å². The van der Waals surface area contributed by atoms with E-state index in [1.165, 1.54) is 0 Å². The van der Waals surface area contributed by atoms with Gasteiger partial charge >= 0.3 is 0 Å². The van der Waals surface area contributed by atoms with Gasteiger partial charge < -0.3 is 14.5 Å². The second kappa shape index (κ2) is 8.81. The van der Waals surface area contributed by atoms with Gasteiger partial charge in [0.25, 0.3) is 5.91 Å². The second-order valence-corrected chi connectivity index (χ2v) is 9.38. The summed E-state index contributed by atoms with van der Waals surface area (Å²) in [5.41, 5.74) is 4.78. The third-order valence-corrected chi connectivity index (χ3v) is 7.31. The third-order valence-electron chi connectivity index (χ3n) is 7.31. The quantitative estimate of drug-likeness (QED) is 0.716. The molecular formula is C24H33N5O3. The summed E-state index contributed by atoms with van der Waals surface area (Å²) in [6.07, 6.45) is 6.77. The number of aryl methyl sites for hydroxylation is 2. The molecule has 8 heteroatoms. The minimum atomic E-state index is -0.297. The van der Waals surface area contributed by atoms with Crippen molar-refractivity contribution in [3.05, 3.63) is 28.7 Å². The van der Waals surface area contributed by atoms with E-state index in [1.807, 2.05) is 27.3 Å². The molecule has 5 heterocycles. The topological polar surface area (TPSA) is 80.0 Å². The van der Waals surface area contributed by atoms with E-state index >= 15 is 0 Å². The first-order valence-electron chi connectivity index (χ1n) is 12.1. The van der Waals surface area contributed by atoms with Crippen molar-refractivity contribution in [1.29, 1.82) is 0 Å². The smallest absolute Gasteiger partial charge is 0.252 e. The Morgan fingerprint density at radius 2 is 1.91 bits per heavy atom. The Morgan fingerprint density at radius 1 is 1.09 bits per heavy atom. The van der Waals surface area contributed by atoms with E-state index in [2.05, 4.69) is 6.92 Å². The molecule has 0 bridgehead atoms. The summed E-state index contributed by atoms with van der Waals surface area (Å²) in [6.45, 7) is 7.27. The molecule has 2 aromatic rings. The van der Waals surface area contributed by atoms with Crippen molar-refractivity contribution < 1.29 is 14.3 Å². The van der Waals surface area contributed by atoms with Crippen molar-refractivity contribution in [2.75, 3.05) is 26.2 Å². The number of likely N-dealkylation sites (tertiary alicyclic amines) is 2. The van der Waals surface area contributed by atoms with Crippen LogP contribution in [0.1, 0.15) is 73.6 Å². The average molecular weight is 440 g/mol. The summed E-state index contributed by atoms with van der Waals surface area (Å²) in [7, 11) is 0. The maximum atomic E-state index is 13.0. The lowest BCUT2D eigenvalue weighted by molar-refractivity contribution is -0.142. The molecule has 0 unspecified atom stereocenters. The molecule has 0 spiro atoms. The van der Waals surface area contributed by atoms with Crippen LogP contribution in [0, 0.1) is 13.8 Å². The Morgan fingerprint density at radius 3 is 2.66 bits per heavy atom. The third kappa shape index (κ3) is 3.89. The fourth-order valence-corrected chi connectivity index (χ4v) is 5.52. The van der Waals surface area contributed by atoms with E-state index in [1.54, 1.807) is 0 Å². The number of rotatable bonds is 5. The van der Waals surface area contributed by atoms with Crippen molar-refractivity contribution in [2.45, 2.75) is 77.4 Å². The van der Waals surface area contributed by atoms with Crippen LogP contribution in [0.5, 0.6) is 0 Å². The second-order valence-electron chi connectivity index (χ2n) is 9.38. The van der Waals surface area contributed by atoms with Gasteiger partial charge in [-0.3, -0.25) is 9.59 Å². The number of amides is 2. The van der Waals surface area contributed by atoms with Crippen LogP contribution in [0.4, 0.5) is 0 Å². The van der Waals surface area contributed by atoms with Crippen LogP contribution in [-0.4, -0.2) is 68.6 Å². The summed E-state index contributed by atoms with van der Waals surface area (Å²) >= 11 is 0. The molecule has 2 aromatic heterocycles. The Kier molecular flexibility index (Phi) is 5.88. The largest absolute Gasteiger partial charge is 0.368 e. The van der Waals surface area contributed by atoms with Crippen LogP contribution in [0.3, 0.4) is 0 Å². The number of ether oxygens (including phenoxy) is 1. The van der Waals surface area contributed by atoms with E-state index in [-0.39, 0.29) is 24.0 Å². The zero-order valence-electron chi connectivity index (χ0n) is 19.2. The molecule has 3 fully saturated rings. The van der Waals surface area contributed by atoms with E-state index in [0.717, 1.165) is 86.5 Å². The standard InChI is InChI=1S/C24H33N5O3/c1-16-18(9-10-23(30)27-11-3-4-12-27)17(2)29-22(25-16)15-19(26-29)20-7-5-13-28(20)24(31)21-8-6-14-32-21/h15,20-21H,3-14H2,1-2H3/t20-,21-/m0/s1. The van der Waals surface area contributed by atoms with Crippen LogP contribution in [-0.2, 0) is 20.7 Å². The fourth-order valence-electron chi connectivity index (χ4n) is 5.52. The van der Waals surface area contributed by atoms with Gasteiger partial charge in [0.05, 0.1) is 11.7 Å². The predicted octanol–water partition coefficient (Wildman–Crippen LogP) is 2.74. The molecule has 0 radical (unpaired) electrons. The minimum Gasteiger partial charge on any atom is -0.368 e. The van der Waals surface area contributed by atoms with Gasteiger partial charge in [-0.15, -0.1) is 0 Å². The summed E-state index contributed by atoms with van der Waals surface area (Å²) < 4.78 is 7.54. The lowest BCUT2D eigenvalue weighted by Crippen LogP contribution is -2.38. The van der Waals surface area contributed by atoms with Gasteiger partial charge in [-0.25, -0.2) is 9.50 Å². The predicted molar refractivity (Wildman–Crippen MR) is 119 cm³/mol. The zero-order valence-corrected chi connectivity index (χ0v) is 19.2. The van der Waals surface area contributed by atoms with Crippen LogP contribution >= 0.6 is 0 Å². The van der Waals surface area contributed by atoms with E-state index in [0.29, 0.717) is 19.4 Å². The first kappa shape index (κ1) is 21.4. The van der Waals surface area contributed by atoms with Crippen LogP contribution in [0.15, 0.2) is 6.07 Å². The molecular weight excluding hydrogens is 406 g/mol. The van der Waals surface area contributed by atoms with Crippen molar-refractivity contribution in [1.82, 2.24) is 24.4 Å². The van der Waals surface area contributed by atoms with Gasteiger partial charge in [0.1, 0.15) is 6.10 Å². The van der Waals surface area contributed by atoms with E-state index in [9.17, 15) is 9.59 Å². The van der Waals surface area contributed by atoms with Gasteiger partial charge in [0.2, 0.25) is 5.91 Å². The van der Waals surface area contributed by atoms with Gasteiger partial charge in [0, 0.05) is 50.1 Å². The molecule has 0 saturated carbocycles. The molecule has 3 aliphatic heterocycles. The monoisotopic (exact) mass is 439 g/mol. The Bertz CT molecular complexity index is 1020. The van der Waals surface area contributed by atoms with Crippen LogP contribution in [0.2, 0.25) is 0 Å². The summed E-state index contributed by atoms with van der Waals surface area (Å²) in [4.78, 5) is 34.2. The maximum Gasteiger partial charge on any atom is 0.252 e.